The van der Waals surface area contributed by atoms with Gasteiger partial charge in [0.1, 0.15) is 11.6 Å². The van der Waals surface area contributed by atoms with Crippen LogP contribution in [0, 0.1) is 5.82 Å². The van der Waals surface area contributed by atoms with Gasteiger partial charge in [-0.3, -0.25) is 9.67 Å². The van der Waals surface area contributed by atoms with Crippen molar-refractivity contribution in [3.05, 3.63) is 66.4 Å². The van der Waals surface area contributed by atoms with Crippen molar-refractivity contribution in [1.29, 1.82) is 0 Å². The van der Waals surface area contributed by atoms with Gasteiger partial charge in [0.25, 0.3) is 0 Å². The summed E-state index contributed by atoms with van der Waals surface area (Å²) in [5.41, 5.74) is 3.88. The number of benzene rings is 2. The Labute approximate surface area is 139 Å². The van der Waals surface area contributed by atoms with E-state index in [9.17, 15) is 4.39 Å². The van der Waals surface area contributed by atoms with E-state index in [0.29, 0.717) is 5.92 Å². The first-order valence-electron chi connectivity index (χ1n) is 7.90. The standard InChI is InChI=1S/C19H17FN4/c1-12(2)18-11-24(16-7-8-17-14(9-16)10-21-23-17)19(22-18)13-3-5-15(20)6-4-13/h3-12H,1-2H3,(H,21,23). The van der Waals surface area contributed by atoms with Gasteiger partial charge in [-0.05, 0) is 48.4 Å². The third kappa shape index (κ3) is 2.48. The van der Waals surface area contributed by atoms with Gasteiger partial charge in [0.2, 0.25) is 0 Å². The molecule has 1 N–H and O–H groups in total. The van der Waals surface area contributed by atoms with E-state index in [1.54, 1.807) is 18.3 Å². The van der Waals surface area contributed by atoms with Gasteiger partial charge < -0.3 is 0 Å². The van der Waals surface area contributed by atoms with Crippen LogP contribution in [0.25, 0.3) is 28.0 Å². The highest BCUT2D eigenvalue weighted by molar-refractivity contribution is 5.80. The van der Waals surface area contributed by atoms with E-state index in [1.165, 1.54) is 12.1 Å². The molecule has 5 heteroatoms. The van der Waals surface area contributed by atoms with Crippen molar-refractivity contribution < 1.29 is 4.39 Å². The van der Waals surface area contributed by atoms with Crippen LogP contribution >= 0.6 is 0 Å². The van der Waals surface area contributed by atoms with Crippen LogP contribution in [-0.2, 0) is 0 Å². The van der Waals surface area contributed by atoms with Crippen molar-refractivity contribution in [3.63, 3.8) is 0 Å². The SMILES string of the molecule is CC(C)c1cn(-c2ccc3[nH]ncc3c2)c(-c2ccc(F)cc2)n1. The van der Waals surface area contributed by atoms with Crippen molar-refractivity contribution >= 4 is 10.9 Å². The molecule has 0 radical (unpaired) electrons. The summed E-state index contributed by atoms with van der Waals surface area (Å²) < 4.78 is 15.3. The predicted octanol–water partition coefficient (Wildman–Crippen LogP) is 4.68. The first-order chi connectivity index (χ1) is 11.6. The Bertz CT molecular complexity index is 996. The number of rotatable bonds is 3. The van der Waals surface area contributed by atoms with E-state index in [2.05, 4.69) is 34.7 Å². The molecular weight excluding hydrogens is 303 g/mol. The van der Waals surface area contributed by atoms with E-state index in [4.69, 9.17) is 4.98 Å². The molecule has 0 unspecified atom stereocenters. The topological polar surface area (TPSA) is 46.5 Å². The van der Waals surface area contributed by atoms with E-state index in [-0.39, 0.29) is 5.82 Å². The quantitative estimate of drug-likeness (QED) is 0.596. The van der Waals surface area contributed by atoms with Crippen LogP contribution in [0.2, 0.25) is 0 Å². The van der Waals surface area contributed by atoms with Crippen LogP contribution < -0.4 is 0 Å². The number of halogens is 1. The Hall–Kier alpha value is -2.95. The average molecular weight is 320 g/mol. The molecule has 0 saturated heterocycles. The zero-order valence-corrected chi connectivity index (χ0v) is 13.5. The van der Waals surface area contributed by atoms with Crippen molar-refractivity contribution in [1.82, 2.24) is 19.7 Å². The predicted molar refractivity (Wildman–Crippen MR) is 92.7 cm³/mol. The van der Waals surface area contributed by atoms with Gasteiger partial charge in [-0.25, -0.2) is 9.37 Å². The molecule has 4 nitrogen and oxygen atoms in total. The van der Waals surface area contributed by atoms with E-state index < -0.39 is 0 Å². The Balaban J connectivity index is 1.90. The summed E-state index contributed by atoms with van der Waals surface area (Å²) in [6.07, 6.45) is 3.85. The van der Waals surface area contributed by atoms with Crippen molar-refractivity contribution in [2.45, 2.75) is 19.8 Å². The molecule has 0 fully saturated rings. The number of nitrogens with one attached hydrogen (secondary N) is 1. The Morgan fingerprint density at radius 2 is 1.88 bits per heavy atom. The maximum Gasteiger partial charge on any atom is 0.144 e. The molecule has 0 aliphatic carbocycles. The van der Waals surface area contributed by atoms with Crippen LogP contribution in [0.3, 0.4) is 0 Å². The summed E-state index contributed by atoms with van der Waals surface area (Å²) in [4.78, 5) is 4.77. The lowest BCUT2D eigenvalue weighted by Gasteiger charge is -2.08. The van der Waals surface area contributed by atoms with Gasteiger partial charge in [-0.2, -0.15) is 5.10 Å². The van der Waals surface area contributed by atoms with Crippen LogP contribution in [-0.4, -0.2) is 19.7 Å². The lowest BCUT2D eigenvalue weighted by molar-refractivity contribution is 0.628. The molecule has 0 saturated carbocycles. The number of hydrogen-bond donors (Lipinski definition) is 1. The summed E-state index contributed by atoms with van der Waals surface area (Å²) in [6.45, 7) is 4.22. The fraction of sp³-hybridized carbons (Fsp3) is 0.158. The number of hydrogen-bond acceptors (Lipinski definition) is 2. The second kappa shape index (κ2) is 5.60. The third-order valence-corrected chi connectivity index (χ3v) is 4.12. The summed E-state index contributed by atoms with van der Waals surface area (Å²) in [5.74, 6) is 0.866. The number of fused-ring (bicyclic) bond motifs is 1. The highest BCUT2D eigenvalue weighted by atomic mass is 19.1. The second-order valence-corrected chi connectivity index (χ2v) is 6.16. The maximum absolute atomic E-state index is 13.3. The van der Waals surface area contributed by atoms with Crippen molar-refractivity contribution in [2.24, 2.45) is 0 Å². The fourth-order valence-electron chi connectivity index (χ4n) is 2.76. The number of nitrogens with zero attached hydrogens (tertiary/aromatic N) is 3. The number of imidazole rings is 1. The molecule has 0 atom stereocenters. The number of H-pyrrole nitrogens is 1. The molecule has 2 aromatic heterocycles. The fourth-order valence-corrected chi connectivity index (χ4v) is 2.76. The molecule has 0 amide bonds. The van der Waals surface area contributed by atoms with E-state index in [1.807, 2.05) is 18.3 Å². The molecule has 4 aromatic rings. The largest absolute Gasteiger partial charge is 0.299 e. The maximum atomic E-state index is 13.3. The Morgan fingerprint density at radius 3 is 2.62 bits per heavy atom. The van der Waals surface area contributed by atoms with Crippen LogP contribution in [0.15, 0.2) is 54.9 Å². The van der Waals surface area contributed by atoms with Gasteiger partial charge >= 0.3 is 0 Å². The molecule has 0 aliphatic rings. The highest BCUT2D eigenvalue weighted by Crippen LogP contribution is 2.27. The van der Waals surface area contributed by atoms with Gasteiger partial charge in [-0.15, -0.1) is 0 Å². The number of aromatic amines is 1. The lowest BCUT2D eigenvalue weighted by Crippen LogP contribution is -1.96. The molecular formula is C19H17FN4. The minimum atomic E-state index is -0.249. The first-order valence-corrected chi connectivity index (χ1v) is 7.90. The monoisotopic (exact) mass is 320 g/mol. The van der Waals surface area contributed by atoms with Gasteiger partial charge in [0.15, 0.2) is 0 Å². The Kier molecular flexibility index (Phi) is 3.41. The molecule has 2 aromatic carbocycles. The minimum absolute atomic E-state index is 0.249. The molecule has 0 aliphatic heterocycles. The van der Waals surface area contributed by atoms with Gasteiger partial charge in [0.05, 0.1) is 17.4 Å². The lowest BCUT2D eigenvalue weighted by atomic mass is 10.1. The van der Waals surface area contributed by atoms with E-state index in [0.717, 1.165) is 33.7 Å². The minimum Gasteiger partial charge on any atom is -0.299 e. The van der Waals surface area contributed by atoms with Crippen LogP contribution in [0.4, 0.5) is 4.39 Å². The van der Waals surface area contributed by atoms with Crippen molar-refractivity contribution in [3.8, 4) is 17.1 Å². The normalized spacial score (nSPS) is 11.5. The van der Waals surface area contributed by atoms with Gasteiger partial charge in [0, 0.05) is 22.8 Å². The third-order valence-electron chi connectivity index (χ3n) is 4.12. The van der Waals surface area contributed by atoms with Crippen LogP contribution in [0.5, 0.6) is 0 Å². The van der Waals surface area contributed by atoms with Crippen LogP contribution in [0.1, 0.15) is 25.5 Å². The zero-order chi connectivity index (χ0) is 16.7. The highest BCUT2D eigenvalue weighted by Gasteiger charge is 2.14. The molecule has 120 valence electrons. The first kappa shape index (κ1) is 14.6. The smallest absolute Gasteiger partial charge is 0.144 e. The van der Waals surface area contributed by atoms with E-state index >= 15 is 0 Å². The molecule has 0 bridgehead atoms. The average Bonchev–Trinajstić information content (AvgIpc) is 3.21. The molecule has 24 heavy (non-hydrogen) atoms. The number of aromatic nitrogens is 4. The molecule has 4 rings (SSSR count). The Morgan fingerprint density at radius 1 is 1.08 bits per heavy atom. The molecule has 0 spiro atoms. The van der Waals surface area contributed by atoms with Gasteiger partial charge in [-0.1, -0.05) is 13.8 Å². The van der Waals surface area contributed by atoms with Crippen molar-refractivity contribution in [2.75, 3.05) is 0 Å². The molecule has 2 heterocycles. The zero-order valence-electron chi connectivity index (χ0n) is 13.5. The summed E-state index contributed by atoms with van der Waals surface area (Å²) >= 11 is 0. The summed E-state index contributed by atoms with van der Waals surface area (Å²) in [7, 11) is 0. The summed E-state index contributed by atoms with van der Waals surface area (Å²) in [6, 6.07) is 12.5. The summed E-state index contributed by atoms with van der Waals surface area (Å²) in [5, 5.41) is 8.07. The second-order valence-electron chi connectivity index (χ2n) is 6.16.